The standard InChI is InChI=1S/C10H8ClN5/c1-7(6-12)16-14-10(13-15-16)8-2-4-9(11)5-3-8/h2-5,7H,1H3/t7-/m1/s1. The van der Waals surface area contributed by atoms with Crippen molar-refractivity contribution in [1.82, 2.24) is 20.2 Å². The Morgan fingerprint density at radius 2 is 2.06 bits per heavy atom. The minimum Gasteiger partial charge on any atom is -0.196 e. The summed E-state index contributed by atoms with van der Waals surface area (Å²) < 4.78 is 0. The molecule has 1 heterocycles. The molecule has 0 saturated heterocycles. The molecule has 0 N–H and O–H groups in total. The second kappa shape index (κ2) is 4.29. The van der Waals surface area contributed by atoms with Crippen molar-refractivity contribution in [2.45, 2.75) is 13.0 Å². The number of rotatable bonds is 2. The summed E-state index contributed by atoms with van der Waals surface area (Å²) in [5.74, 6) is 0.485. The lowest BCUT2D eigenvalue weighted by Crippen LogP contribution is -2.06. The minimum absolute atomic E-state index is 0.423. The Morgan fingerprint density at radius 1 is 1.38 bits per heavy atom. The van der Waals surface area contributed by atoms with E-state index in [0.717, 1.165) is 5.56 Å². The molecule has 0 radical (unpaired) electrons. The van der Waals surface area contributed by atoms with Crippen molar-refractivity contribution in [2.24, 2.45) is 0 Å². The topological polar surface area (TPSA) is 67.4 Å². The number of tetrazole rings is 1. The first kappa shape index (κ1) is 10.6. The zero-order chi connectivity index (χ0) is 11.5. The Balaban J connectivity index is 2.32. The maximum atomic E-state index is 8.71. The van der Waals surface area contributed by atoms with E-state index in [4.69, 9.17) is 16.9 Å². The lowest BCUT2D eigenvalue weighted by atomic mass is 10.2. The van der Waals surface area contributed by atoms with Gasteiger partial charge < -0.3 is 0 Å². The summed E-state index contributed by atoms with van der Waals surface area (Å²) >= 11 is 5.77. The molecule has 2 aromatic rings. The Hall–Kier alpha value is -1.93. The molecule has 1 atom stereocenters. The van der Waals surface area contributed by atoms with E-state index >= 15 is 0 Å². The molecule has 5 nitrogen and oxygen atoms in total. The number of nitriles is 1. The number of benzene rings is 1. The van der Waals surface area contributed by atoms with Crippen LogP contribution in [0.1, 0.15) is 13.0 Å². The molecule has 1 aromatic heterocycles. The molecule has 6 heteroatoms. The van der Waals surface area contributed by atoms with Crippen molar-refractivity contribution in [1.29, 1.82) is 5.26 Å². The van der Waals surface area contributed by atoms with Crippen LogP contribution in [0.3, 0.4) is 0 Å². The van der Waals surface area contributed by atoms with E-state index in [9.17, 15) is 0 Å². The summed E-state index contributed by atoms with van der Waals surface area (Å²) in [6.07, 6.45) is 0. The van der Waals surface area contributed by atoms with Crippen LogP contribution in [0.4, 0.5) is 0 Å². The summed E-state index contributed by atoms with van der Waals surface area (Å²) in [6.45, 7) is 1.70. The van der Waals surface area contributed by atoms with Crippen LogP contribution in [-0.4, -0.2) is 20.2 Å². The van der Waals surface area contributed by atoms with E-state index in [0.29, 0.717) is 10.8 Å². The van der Waals surface area contributed by atoms with Gasteiger partial charge in [0.1, 0.15) is 0 Å². The highest BCUT2D eigenvalue weighted by atomic mass is 35.5. The number of aromatic nitrogens is 4. The van der Waals surface area contributed by atoms with Crippen LogP contribution in [0.5, 0.6) is 0 Å². The minimum atomic E-state index is -0.423. The predicted octanol–water partition coefficient (Wildman–Crippen LogP) is 2.08. The molecular formula is C10H8ClN5. The molecule has 0 saturated carbocycles. The van der Waals surface area contributed by atoms with Gasteiger partial charge in [-0.25, -0.2) is 0 Å². The summed E-state index contributed by atoms with van der Waals surface area (Å²) in [5, 5.41) is 21.2. The summed E-state index contributed by atoms with van der Waals surface area (Å²) in [7, 11) is 0. The predicted molar refractivity (Wildman–Crippen MR) is 58.6 cm³/mol. The number of halogens is 1. The largest absolute Gasteiger partial charge is 0.204 e. The lowest BCUT2D eigenvalue weighted by molar-refractivity contribution is 0.501. The summed E-state index contributed by atoms with van der Waals surface area (Å²) in [6, 6.07) is 8.73. The van der Waals surface area contributed by atoms with Crippen molar-refractivity contribution in [3.8, 4) is 17.5 Å². The van der Waals surface area contributed by atoms with Crippen LogP contribution in [-0.2, 0) is 0 Å². The molecule has 0 fully saturated rings. The van der Waals surface area contributed by atoms with Gasteiger partial charge in [-0.15, -0.1) is 15.0 Å². The van der Waals surface area contributed by atoms with Crippen LogP contribution in [0.2, 0.25) is 5.02 Å². The van der Waals surface area contributed by atoms with Crippen LogP contribution in [0.25, 0.3) is 11.4 Å². The van der Waals surface area contributed by atoms with Gasteiger partial charge in [-0.1, -0.05) is 11.6 Å². The fraction of sp³-hybridized carbons (Fsp3) is 0.200. The molecule has 0 unspecified atom stereocenters. The quantitative estimate of drug-likeness (QED) is 0.797. The van der Waals surface area contributed by atoms with Gasteiger partial charge in [0.15, 0.2) is 6.04 Å². The van der Waals surface area contributed by atoms with Gasteiger partial charge >= 0.3 is 0 Å². The number of hydrogen-bond acceptors (Lipinski definition) is 4. The molecule has 2 rings (SSSR count). The molecule has 0 aliphatic rings. The fourth-order valence-electron chi connectivity index (χ4n) is 1.16. The van der Waals surface area contributed by atoms with Gasteiger partial charge in [-0.05, 0) is 36.4 Å². The Bertz CT molecular complexity index is 525. The second-order valence-corrected chi connectivity index (χ2v) is 3.68. The summed E-state index contributed by atoms with van der Waals surface area (Å²) in [4.78, 5) is 1.28. The highest BCUT2D eigenvalue weighted by Gasteiger charge is 2.09. The van der Waals surface area contributed by atoms with E-state index < -0.39 is 6.04 Å². The van der Waals surface area contributed by atoms with Crippen molar-refractivity contribution in [3.63, 3.8) is 0 Å². The maximum Gasteiger partial charge on any atom is 0.204 e. The number of nitrogens with zero attached hydrogens (tertiary/aromatic N) is 5. The molecule has 80 valence electrons. The highest BCUT2D eigenvalue weighted by molar-refractivity contribution is 6.30. The Morgan fingerprint density at radius 3 is 2.69 bits per heavy atom. The highest BCUT2D eigenvalue weighted by Crippen LogP contribution is 2.17. The van der Waals surface area contributed by atoms with Crippen molar-refractivity contribution >= 4 is 11.6 Å². The molecule has 0 bridgehead atoms. The van der Waals surface area contributed by atoms with Crippen molar-refractivity contribution < 1.29 is 0 Å². The normalized spacial score (nSPS) is 12.1. The maximum absolute atomic E-state index is 8.71. The van der Waals surface area contributed by atoms with Crippen LogP contribution >= 0.6 is 11.6 Å². The van der Waals surface area contributed by atoms with Gasteiger partial charge in [0.25, 0.3) is 0 Å². The average Bonchev–Trinajstić information content (AvgIpc) is 2.78. The van der Waals surface area contributed by atoms with Crippen molar-refractivity contribution in [3.05, 3.63) is 29.3 Å². The van der Waals surface area contributed by atoms with Gasteiger partial charge in [0, 0.05) is 10.6 Å². The third-order valence-corrected chi connectivity index (χ3v) is 2.32. The molecule has 0 spiro atoms. The zero-order valence-electron chi connectivity index (χ0n) is 8.50. The fourth-order valence-corrected chi connectivity index (χ4v) is 1.28. The first-order valence-corrected chi connectivity index (χ1v) is 5.03. The third kappa shape index (κ3) is 2.02. The smallest absolute Gasteiger partial charge is 0.196 e. The SMILES string of the molecule is C[C@H](C#N)n1nnc(-c2ccc(Cl)cc2)n1. The van der Waals surface area contributed by atoms with Crippen LogP contribution < -0.4 is 0 Å². The lowest BCUT2D eigenvalue weighted by Gasteiger charge is -1.97. The van der Waals surface area contributed by atoms with Gasteiger partial charge in [-0.3, -0.25) is 0 Å². The van der Waals surface area contributed by atoms with Gasteiger partial charge in [0.2, 0.25) is 5.82 Å². The molecule has 0 aliphatic heterocycles. The van der Waals surface area contributed by atoms with E-state index in [2.05, 4.69) is 15.4 Å². The van der Waals surface area contributed by atoms with Gasteiger partial charge in [0.05, 0.1) is 6.07 Å². The van der Waals surface area contributed by atoms with E-state index in [1.54, 1.807) is 31.2 Å². The van der Waals surface area contributed by atoms with E-state index in [1.165, 1.54) is 4.80 Å². The second-order valence-electron chi connectivity index (χ2n) is 3.25. The summed E-state index contributed by atoms with van der Waals surface area (Å²) in [5.41, 5.74) is 0.820. The molecule has 0 amide bonds. The first-order chi connectivity index (χ1) is 7.70. The third-order valence-electron chi connectivity index (χ3n) is 2.06. The molecule has 16 heavy (non-hydrogen) atoms. The first-order valence-electron chi connectivity index (χ1n) is 4.66. The van der Waals surface area contributed by atoms with E-state index in [1.807, 2.05) is 6.07 Å². The van der Waals surface area contributed by atoms with Crippen molar-refractivity contribution in [2.75, 3.05) is 0 Å². The Kier molecular flexibility index (Phi) is 2.84. The van der Waals surface area contributed by atoms with E-state index in [-0.39, 0.29) is 0 Å². The molecule has 0 aliphatic carbocycles. The number of hydrogen-bond donors (Lipinski definition) is 0. The molecule has 1 aromatic carbocycles. The van der Waals surface area contributed by atoms with Crippen LogP contribution in [0.15, 0.2) is 24.3 Å². The van der Waals surface area contributed by atoms with Gasteiger partial charge in [-0.2, -0.15) is 5.26 Å². The zero-order valence-corrected chi connectivity index (χ0v) is 9.26. The monoisotopic (exact) mass is 233 g/mol. The average molecular weight is 234 g/mol. The van der Waals surface area contributed by atoms with Crippen LogP contribution in [0, 0.1) is 11.3 Å². The Labute approximate surface area is 97.3 Å². The molecular weight excluding hydrogens is 226 g/mol.